The van der Waals surface area contributed by atoms with Crippen molar-refractivity contribution in [2.24, 2.45) is 5.92 Å². The largest absolute Gasteiger partial charge is 0.380 e. The summed E-state index contributed by atoms with van der Waals surface area (Å²) in [5.41, 5.74) is 0.552. The fourth-order valence-corrected chi connectivity index (χ4v) is 5.64. The summed E-state index contributed by atoms with van der Waals surface area (Å²) in [6.07, 6.45) is 4.11. The van der Waals surface area contributed by atoms with Crippen LogP contribution in [-0.2, 0) is 19.6 Å². The maximum atomic E-state index is 13.3. The number of amides is 2. The van der Waals surface area contributed by atoms with E-state index in [1.165, 1.54) is 42.6 Å². The average molecular weight is 534 g/mol. The number of anilines is 1. The Morgan fingerprint density at radius 1 is 1.14 bits per heavy atom. The summed E-state index contributed by atoms with van der Waals surface area (Å²) in [6, 6.07) is 6.76. The number of aromatic nitrogens is 1. The van der Waals surface area contributed by atoms with Crippen LogP contribution >= 0.6 is 0 Å². The molecule has 1 aromatic heterocycles. The van der Waals surface area contributed by atoms with Gasteiger partial charge in [0.1, 0.15) is 11.9 Å². The van der Waals surface area contributed by atoms with Gasteiger partial charge in [0.25, 0.3) is 15.9 Å². The number of nitrogens with one attached hydrogen (secondary N) is 3. The molecule has 4 rings (SSSR count). The van der Waals surface area contributed by atoms with E-state index in [-0.39, 0.29) is 22.5 Å². The highest BCUT2D eigenvalue weighted by atomic mass is 32.2. The lowest BCUT2D eigenvalue weighted by Crippen LogP contribution is -2.46. The third-order valence-corrected chi connectivity index (χ3v) is 8.10. The van der Waals surface area contributed by atoms with E-state index in [0.717, 1.165) is 25.9 Å². The van der Waals surface area contributed by atoms with Gasteiger partial charge in [-0.25, -0.2) is 22.5 Å². The Balaban J connectivity index is 1.43. The molecular formula is C25H32FN5O5S. The van der Waals surface area contributed by atoms with Crippen LogP contribution < -0.4 is 15.4 Å². The molecule has 0 radical (unpaired) electrons. The van der Waals surface area contributed by atoms with Crippen LogP contribution in [0.2, 0.25) is 0 Å². The van der Waals surface area contributed by atoms with E-state index in [1.54, 1.807) is 0 Å². The average Bonchev–Trinajstić information content (AvgIpc) is 3.38. The molecule has 0 spiro atoms. The molecule has 0 unspecified atom stereocenters. The van der Waals surface area contributed by atoms with Crippen molar-refractivity contribution < 1.29 is 27.1 Å². The Labute approximate surface area is 216 Å². The van der Waals surface area contributed by atoms with E-state index in [4.69, 9.17) is 4.74 Å². The van der Waals surface area contributed by atoms with Gasteiger partial charge in [-0.05, 0) is 88.1 Å². The second-order valence-electron chi connectivity index (χ2n) is 9.57. The van der Waals surface area contributed by atoms with Gasteiger partial charge in [-0.2, -0.15) is 0 Å². The van der Waals surface area contributed by atoms with Crippen molar-refractivity contribution in [1.29, 1.82) is 0 Å². The van der Waals surface area contributed by atoms with Gasteiger partial charge in [0.15, 0.2) is 5.03 Å². The highest BCUT2D eigenvalue weighted by Gasteiger charge is 2.28. The first-order chi connectivity index (χ1) is 17.7. The van der Waals surface area contributed by atoms with Crippen LogP contribution in [0.4, 0.5) is 10.1 Å². The molecule has 0 saturated carbocycles. The van der Waals surface area contributed by atoms with E-state index in [1.807, 2.05) is 7.05 Å². The summed E-state index contributed by atoms with van der Waals surface area (Å²) in [5, 5.41) is 5.36. The summed E-state index contributed by atoms with van der Waals surface area (Å²) in [5.74, 6) is -1.12. The van der Waals surface area contributed by atoms with Gasteiger partial charge < -0.3 is 20.3 Å². The normalized spacial score (nSPS) is 19.9. The first-order valence-electron chi connectivity index (χ1n) is 12.3. The van der Waals surface area contributed by atoms with Gasteiger partial charge >= 0.3 is 0 Å². The van der Waals surface area contributed by atoms with Crippen LogP contribution in [0.5, 0.6) is 0 Å². The molecule has 10 nitrogen and oxygen atoms in total. The molecule has 1 aromatic carbocycles. The Hall–Kier alpha value is -2.93. The number of halogens is 1. The highest BCUT2D eigenvalue weighted by molar-refractivity contribution is 7.89. The molecular weight excluding hydrogens is 501 g/mol. The van der Waals surface area contributed by atoms with E-state index >= 15 is 0 Å². The van der Waals surface area contributed by atoms with Crippen LogP contribution in [0.3, 0.4) is 0 Å². The molecule has 2 fully saturated rings. The van der Waals surface area contributed by atoms with Crippen molar-refractivity contribution in [3.8, 4) is 0 Å². The number of ether oxygens (including phenoxy) is 1. The van der Waals surface area contributed by atoms with Gasteiger partial charge in [0.05, 0.1) is 18.5 Å². The van der Waals surface area contributed by atoms with Crippen molar-refractivity contribution in [2.45, 2.75) is 42.8 Å². The minimum Gasteiger partial charge on any atom is -0.380 e. The summed E-state index contributed by atoms with van der Waals surface area (Å²) in [7, 11) is -1.77. The van der Waals surface area contributed by atoms with Gasteiger partial charge in [-0.3, -0.25) is 9.59 Å². The predicted molar refractivity (Wildman–Crippen MR) is 135 cm³/mol. The standard InChI is InChI=1S/C25H32FN5O5S/c1-31-11-8-17(9-12-31)14-22(29-24(32)18-2-4-19(26)5-3-18)25(33)28-20-6-7-23(27-15-20)37(34,35)30-21-10-13-36-16-21/h2-7,15,17,21-22,30H,8-14,16H2,1H3,(H,28,33)(H,29,32)/t21-,22+/m1/s1. The molecule has 12 heteroatoms. The smallest absolute Gasteiger partial charge is 0.258 e. The van der Waals surface area contributed by atoms with Crippen LogP contribution in [0, 0.1) is 11.7 Å². The molecule has 2 aliphatic rings. The molecule has 2 aromatic rings. The fourth-order valence-electron chi connectivity index (χ4n) is 4.46. The lowest BCUT2D eigenvalue weighted by molar-refractivity contribution is -0.118. The zero-order chi connectivity index (χ0) is 26.4. The molecule has 200 valence electrons. The zero-order valence-electron chi connectivity index (χ0n) is 20.7. The van der Waals surface area contributed by atoms with Crippen LogP contribution in [0.1, 0.15) is 36.0 Å². The second-order valence-corrected chi connectivity index (χ2v) is 11.2. The van der Waals surface area contributed by atoms with Gasteiger partial charge in [0.2, 0.25) is 5.91 Å². The third-order valence-electron chi connectivity index (χ3n) is 6.67. The Kier molecular flexibility index (Phi) is 8.85. The number of hydrogen-bond acceptors (Lipinski definition) is 7. The van der Waals surface area contributed by atoms with Crippen molar-refractivity contribution in [2.75, 3.05) is 38.7 Å². The monoisotopic (exact) mass is 533 g/mol. The maximum Gasteiger partial charge on any atom is 0.258 e. The first kappa shape index (κ1) is 27.1. The van der Waals surface area contributed by atoms with Crippen molar-refractivity contribution >= 4 is 27.5 Å². The van der Waals surface area contributed by atoms with Crippen LogP contribution in [0.15, 0.2) is 47.6 Å². The molecule has 3 N–H and O–H groups in total. The van der Waals surface area contributed by atoms with Gasteiger partial charge in [0, 0.05) is 18.2 Å². The maximum absolute atomic E-state index is 13.3. The molecule has 2 atom stereocenters. The van der Waals surface area contributed by atoms with Crippen LogP contribution in [0.25, 0.3) is 0 Å². The Morgan fingerprint density at radius 2 is 1.86 bits per heavy atom. The van der Waals surface area contributed by atoms with E-state index in [9.17, 15) is 22.4 Å². The molecule has 2 amide bonds. The quantitative estimate of drug-likeness (QED) is 0.448. The number of nitrogens with zero attached hydrogens (tertiary/aromatic N) is 2. The van der Waals surface area contributed by atoms with E-state index in [0.29, 0.717) is 31.7 Å². The Bertz CT molecular complexity index is 1180. The SMILES string of the molecule is CN1CCC(C[C@H](NC(=O)c2ccc(F)cc2)C(=O)Nc2ccc(S(=O)(=O)N[C@@H]3CCOC3)nc2)CC1. The lowest BCUT2D eigenvalue weighted by atomic mass is 9.90. The third kappa shape index (κ3) is 7.54. The van der Waals surface area contributed by atoms with E-state index < -0.39 is 33.7 Å². The lowest BCUT2D eigenvalue weighted by Gasteiger charge is -2.31. The Morgan fingerprint density at radius 3 is 2.49 bits per heavy atom. The van der Waals surface area contributed by atoms with Crippen molar-refractivity contribution in [3.63, 3.8) is 0 Å². The predicted octanol–water partition coefficient (Wildman–Crippen LogP) is 1.76. The number of piperidine rings is 1. The summed E-state index contributed by atoms with van der Waals surface area (Å²) < 4.78 is 46.2. The number of rotatable bonds is 9. The fraction of sp³-hybridized carbons (Fsp3) is 0.480. The van der Waals surface area contributed by atoms with Gasteiger partial charge in [-0.1, -0.05) is 0 Å². The number of carbonyl (C=O) groups excluding carboxylic acids is 2. The topological polar surface area (TPSA) is 130 Å². The molecule has 3 heterocycles. The minimum absolute atomic E-state index is 0.162. The summed E-state index contributed by atoms with van der Waals surface area (Å²) in [6.45, 7) is 2.63. The summed E-state index contributed by atoms with van der Waals surface area (Å²) >= 11 is 0. The molecule has 2 aliphatic heterocycles. The minimum atomic E-state index is -3.82. The molecule has 37 heavy (non-hydrogen) atoms. The van der Waals surface area contributed by atoms with Gasteiger partial charge in [-0.15, -0.1) is 0 Å². The number of hydrogen-bond donors (Lipinski definition) is 3. The molecule has 0 aliphatic carbocycles. The zero-order valence-corrected chi connectivity index (χ0v) is 21.5. The number of likely N-dealkylation sites (tertiary alicyclic amines) is 1. The summed E-state index contributed by atoms with van der Waals surface area (Å²) in [4.78, 5) is 32.2. The number of pyridine rings is 1. The first-order valence-corrected chi connectivity index (χ1v) is 13.8. The van der Waals surface area contributed by atoms with E-state index in [2.05, 4.69) is 25.2 Å². The number of benzene rings is 1. The number of carbonyl (C=O) groups is 2. The van der Waals surface area contributed by atoms with Crippen molar-refractivity contribution in [1.82, 2.24) is 19.9 Å². The van der Waals surface area contributed by atoms with Crippen LogP contribution in [-0.4, -0.2) is 75.6 Å². The second kappa shape index (κ2) is 12.1. The van der Waals surface area contributed by atoms with Crippen molar-refractivity contribution in [3.05, 3.63) is 54.0 Å². The molecule has 2 saturated heterocycles. The molecule has 0 bridgehead atoms. The number of sulfonamides is 1. The highest BCUT2D eigenvalue weighted by Crippen LogP contribution is 2.22.